The van der Waals surface area contributed by atoms with Crippen molar-refractivity contribution < 1.29 is 4.74 Å². The van der Waals surface area contributed by atoms with E-state index in [0.717, 1.165) is 23.3 Å². The summed E-state index contributed by atoms with van der Waals surface area (Å²) in [5.41, 5.74) is 0. The first-order valence-electron chi connectivity index (χ1n) is 6.33. The zero-order valence-electron chi connectivity index (χ0n) is 10.8. The van der Waals surface area contributed by atoms with Crippen molar-refractivity contribution in [2.45, 2.75) is 45.1 Å². The van der Waals surface area contributed by atoms with Crippen molar-refractivity contribution in [3.05, 3.63) is 5.01 Å². The molecule has 0 radical (unpaired) electrons. The van der Waals surface area contributed by atoms with Crippen molar-refractivity contribution in [2.24, 2.45) is 0 Å². The number of rotatable bonds is 4. The van der Waals surface area contributed by atoms with Crippen LogP contribution in [0.5, 0.6) is 0 Å². The summed E-state index contributed by atoms with van der Waals surface area (Å²) in [6.07, 6.45) is 4.02. The van der Waals surface area contributed by atoms with Gasteiger partial charge in [0.2, 0.25) is 5.13 Å². The van der Waals surface area contributed by atoms with Crippen molar-refractivity contribution in [1.82, 2.24) is 10.2 Å². The van der Waals surface area contributed by atoms with Crippen LogP contribution in [0.2, 0.25) is 0 Å². The molecule has 96 valence electrons. The molecular weight excluding hydrogens is 234 g/mol. The van der Waals surface area contributed by atoms with Gasteiger partial charge >= 0.3 is 0 Å². The molecule has 0 N–H and O–H groups in total. The van der Waals surface area contributed by atoms with Crippen LogP contribution in [-0.2, 0) is 4.74 Å². The minimum Gasteiger partial charge on any atom is -0.376 e. The van der Waals surface area contributed by atoms with Crippen molar-refractivity contribution in [1.29, 1.82) is 0 Å². The van der Waals surface area contributed by atoms with Gasteiger partial charge in [0.05, 0.1) is 6.10 Å². The lowest BCUT2D eigenvalue weighted by Gasteiger charge is -2.26. The molecule has 1 aromatic heterocycles. The Balaban J connectivity index is 1.91. The first-order valence-corrected chi connectivity index (χ1v) is 7.14. The minimum atomic E-state index is 0.361. The number of anilines is 1. The smallest absolute Gasteiger partial charge is 0.208 e. The number of nitrogens with zero attached hydrogens (tertiary/aromatic N) is 3. The molecule has 0 amide bonds. The largest absolute Gasteiger partial charge is 0.376 e. The molecule has 1 aliphatic heterocycles. The number of likely N-dealkylation sites (N-methyl/N-ethyl adjacent to an activating group) is 1. The molecule has 0 spiro atoms. The summed E-state index contributed by atoms with van der Waals surface area (Å²) in [6.45, 7) is 6.13. The van der Waals surface area contributed by atoms with Crippen LogP contribution < -0.4 is 4.90 Å². The van der Waals surface area contributed by atoms with E-state index in [9.17, 15) is 0 Å². The van der Waals surface area contributed by atoms with E-state index >= 15 is 0 Å². The molecule has 0 saturated carbocycles. The molecule has 1 saturated heterocycles. The van der Waals surface area contributed by atoms with Gasteiger partial charge in [-0.1, -0.05) is 25.2 Å². The van der Waals surface area contributed by atoms with E-state index in [4.69, 9.17) is 4.74 Å². The summed E-state index contributed by atoms with van der Waals surface area (Å²) in [7, 11) is 2.07. The number of ether oxygens (including phenoxy) is 1. The number of hydrogen-bond donors (Lipinski definition) is 0. The van der Waals surface area contributed by atoms with E-state index in [0.29, 0.717) is 12.0 Å². The molecule has 2 rings (SSSR count). The second-order valence-electron chi connectivity index (χ2n) is 4.95. The van der Waals surface area contributed by atoms with Crippen molar-refractivity contribution in [3.63, 3.8) is 0 Å². The van der Waals surface area contributed by atoms with E-state index in [1.807, 2.05) is 0 Å². The maximum Gasteiger partial charge on any atom is 0.208 e. The average molecular weight is 255 g/mol. The second kappa shape index (κ2) is 5.78. The molecule has 0 aliphatic carbocycles. The molecule has 17 heavy (non-hydrogen) atoms. The zero-order valence-corrected chi connectivity index (χ0v) is 11.7. The van der Waals surface area contributed by atoms with Gasteiger partial charge < -0.3 is 9.64 Å². The normalized spacial score (nSPS) is 20.8. The van der Waals surface area contributed by atoms with Crippen LogP contribution in [-0.4, -0.2) is 36.5 Å². The Morgan fingerprint density at radius 1 is 1.41 bits per heavy atom. The number of hydrogen-bond acceptors (Lipinski definition) is 5. The molecule has 1 aromatic rings. The summed E-state index contributed by atoms with van der Waals surface area (Å²) in [5.74, 6) is 0.459. The monoisotopic (exact) mass is 255 g/mol. The van der Waals surface area contributed by atoms with Crippen molar-refractivity contribution in [3.8, 4) is 0 Å². The highest BCUT2D eigenvalue weighted by molar-refractivity contribution is 7.15. The van der Waals surface area contributed by atoms with E-state index < -0.39 is 0 Å². The SMILES string of the molecule is CC(C)c1nnc(N(C)CC2CCCCO2)s1. The summed E-state index contributed by atoms with van der Waals surface area (Å²) in [6, 6.07) is 0. The summed E-state index contributed by atoms with van der Waals surface area (Å²) in [4.78, 5) is 2.17. The highest BCUT2D eigenvalue weighted by Gasteiger charge is 2.18. The maximum atomic E-state index is 5.74. The predicted molar refractivity (Wildman–Crippen MR) is 70.9 cm³/mol. The molecule has 1 unspecified atom stereocenters. The highest BCUT2D eigenvalue weighted by atomic mass is 32.1. The maximum absolute atomic E-state index is 5.74. The average Bonchev–Trinajstić information content (AvgIpc) is 2.79. The van der Waals surface area contributed by atoms with Gasteiger partial charge in [-0.25, -0.2) is 0 Å². The van der Waals surface area contributed by atoms with E-state index in [1.165, 1.54) is 19.3 Å². The Hall–Kier alpha value is -0.680. The number of aromatic nitrogens is 2. The third kappa shape index (κ3) is 3.39. The summed E-state index contributed by atoms with van der Waals surface area (Å²) in [5, 5.41) is 10.6. The summed E-state index contributed by atoms with van der Waals surface area (Å²) >= 11 is 1.69. The Kier molecular flexibility index (Phi) is 4.34. The molecule has 0 bridgehead atoms. The lowest BCUT2D eigenvalue weighted by molar-refractivity contribution is 0.0216. The molecule has 1 atom stereocenters. The van der Waals surface area contributed by atoms with Crippen LogP contribution in [0, 0.1) is 0 Å². The first-order chi connectivity index (χ1) is 8.16. The van der Waals surface area contributed by atoms with Crippen LogP contribution >= 0.6 is 11.3 Å². The van der Waals surface area contributed by atoms with Gasteiger partial charge in [-0.05, 0) is 19.3 Å². The molecule has 4 nitrogen and oxygen atoms in total. The quantitative estimate of drug-likeness (QED) is 0.829. The zero-order chi connectivity index (χ0) is 12.3. The van der Waals surface area contributed by atoms with Gasteiger partial charge in [0.1, 0.15) is 5.01 Å². The van der Waals surface area contributed by atoms with Crippen LogP contribution in [0.3, 0.4) is 0 Å². The van der Waals surface area contributed by atoms with E-state index in [-0.39, 0.29) is 0 Å². The Labute approximate surface area is 107 Å². The van der Waals surface area contributed by atoms with Gasteiger partial charge in [0, 0.05) is 26.1 Å². The molecule has 5 heteroatoms. The van der Waals surface area contributed by atoms with Gasteiger partial charge in [0.25, 0.3) is 0 Å². The van der Waals surface area contributed by atoms with E-state index in [2.05, 4.69) is 36.0 Å². The highest BCUT2D eigenvalue weighted by Crippen LogP contribution is 2.25. The third-order valence-corrected chi connectivity index (χ3v) is 4.34. The second-order valence-corrected chi connectivity index (χ2v) is 5.93. The molecule has 1 fully saturated rings. The lowest BCUT2D eigenvalue weighted by Crippen LogP contribution is -2.33. The first kappa shape index (κ1) is 12.8. The van der Waals surface area contributed by atoms with Crippen molar-refractivity contribution in [2.75, 3.05) is 25.1 Å². The van der Waals surface area contributed by atoms with Gasteiger partial charge in [-0.15, -0.1) is 10.2 Å². The molecule has 2 heterocycles. The fourth-order valence-electron chi connectivity index (χ4n) is 1.95. The topological polar surface area (TPSA) is 38.2 Å². The fourth-order valence-corrected chi connectivity index (χ4v) is 2.77. The molecule has 1 aliphatic rings. The van der Waals surface area contributed by atoms with Gasteiger partial charge in [0.15, 0.2) is 0 Å². The lowest BCUT2D eigenvalue weighted by atomic mass is 10.1. The van der Waals surface area contributed by atoms with E-state index in [1.54, 1.807) is 11.3 Å². The van der Waals surface area contributed by atoms with Crippen LogP contribution in [0.25, 0.3) is 0 Å². The standard InChI is InChI=1S/C12H21N3OS/c1-9(2)11-13-14-12(17-11)15(3)8-10-6-4-5-7-16-10/h9-10H,4-8H2,1-3H3. The fraction of sp³-hybridized carbons (Fsp3) is 0.833. The Bertz CT molecular complexity index is 347. The van der Waals surface area contributed by atoms with Gasteiger partial charge in [-0.2, -0.15) is 0 Å². The summed E-state index contributed by atoms with van der Waals surface area (Å²) < 4.78 is 5.74. The molecular formula is C12H21N3OS. The van der Waals surface area contributed by atoms with Gasteiger partial charge in [-0.3, -0.25) is 0 Å². The van der Waals surface area contributed by atoms with Crippen molar-refractivity contribution >= 4 is 16.5 Å². The predicted octanol–water partition coefficient (Wildman–Crippen LogP) is 2.67. The van der Waals surface area contributed by atoms with Crippen LogP contribution in [0.4, 0.5) is 5.13 Å². The van der Waals surface area contributed by atoms with Crippen LogP contribution in [0.1, 0.15) is 44.0 Å². The Morgan fingerprint density at radius 3 is 2.82 bits per heavy atom. The molecule has 0 aromatic carbocycles. The van der Waals surface area contributed by atoms with Crippen LogP contribution in [0.15, 0.2) is 0 Å². The Morgan fingerprint density at radius 2 is 2.24 bits per heavy atom. The minimum absolute atomic E-state index is 0.361. The third-order valence-electron chi connectivity index (χ3n) is 3.00.